The van der Waals surface area contributed by atoms with Crippen molar-refractivity contribution in [1.82, 2.24) is 14.5 Å². The number of nitrogens with one attached hydrogen (secondary N) is 1. The summed E-state index contributed by atoms with van der Waals surface area (Å²) in [5.41, 5.74) is 7.87. The van der Waals surface area contributed by atoms with E-state index in [1.807, 2.05) is 13.2 Å². The molecule has 0 bridgehead atoms. The number of aromatic nitrogens is 2. The summed E-state index contributed by atoms with van der Waals surface area (Å²) >= 11 is 0. The SMILES string of the molecule is Cn1cc(CCNS(=O)(=O)Cc2cccc(N)c2)cn1. The maximum absolute atomic E-state index is 11.9. The maximum atomic E-state index is 11.9. The Hall–Kier alpha value is -1.86. The first-order valence-electron chi connectivity index (χ1n) is 6.24. The van der Waals surface area contributed by atoms with Crippen LogP contribution in [0.2, 0.25) is 0 Å². The number of sulfonamides is 1. The lowest BCUT2D eigenvalue weighted by molar-refractivity contribution is 0.581. The monoisotopic (exact) mass is 294 g/mol. The molecule has 0 amide bonds. The Morgan fingerprint density at radius 3 is 2.80 bits per heavy atom. The fraction of sp³-hybridized carbons (Fsp3) is 0.308. The van der Waals surface area contributed by atoms with Crippen LogP contribution in [0.4, 0.5) is 5.69 Å². The molecule has 0 radical (unpaired) electrons. The summed E-state index contributed by atoms with van der Waals surface area (Å²) in [6, 6.07) is 6.89. The van der Waals surface area contributed by atoms with E-state index in [4.69, 9.17) is 5.73 Å². The molecule has 0 saturated heterocycles. The van der Waals surface area contributed by atoms with Gasteiger partial charge in [0.25, 0.3) is 0 Å². The van der Waals surface area contributed by atoms with Crippen LogP contribution < -0.4 is 10.5 Å². The zero-order chi connectivity index (χ0) is 14.6. The van der Waals surface area contributed by atoms with Gasteiger partial charge in [-0.1, -0.05) is 12.1 Å². The van der Waals surface area contributed by atoms with Crippen LogP contribution in [-0.2, 0) is 29.2 Å². The third kappa shape index (κ3) is 4.36. The Kier molecular flexibility index (Phi) is 4.41. The van der Waals surface area contributed by atoms with Crippen molar-refractivity contribution in [3.8, 4) is 0 Å². The molecule has 2 aromatic rings. The summed E-state index contributed by atoms with van der Waals surface area (Å²) in [5.74, 6) is -0.0644. The van der Waals surface area contributed by atoms with Crippen molar-refractivity contribution in [2.45, 2.75) is 12.2 Å². The summed E-state index contributed by atoms with van der Waals surface area (Å²) < 4.78 is 28.1. The van der Waals surface area contributed by atoms with Crippen LogP contribution in [0.1, 0.15) is 11.1 Å². The van der Waals surface area contributed by atoms with Crippen LogP contribution in [0.5, 0.6) is 0 Å². The Balaban J connectivity index is 1.88. The first-order chi connectivity index (χ1) is 9.44. The third-order valence-electron chi connectivity index (χ3n) is 2.80. The first kappa shape index (κ1) is 14.5. The van der Waals surface area contributed by atoms with Crippen LogP contribution in [0.3, 0.4) is 0 Å². The van der Waals surface area contributed by atoms with Crippen molar-refractivity contribution in [3.63, 3.8) is 0 Å². The number of hydrogen-bond acceptors (Lipinski definition) is 4. The lowest BCUT2D eigenvalue weighted by Crippen LogP contribution is -2.27. The molecule has 6 nitrogen and oxygen atoms in total. The van der Waals surface area contributed by atoms with E-state index in [1.54, 1.807) is 35.1 Å². The van der Waals surface area contributed by atoms with E-state index in [2.05, 4.69) is 9.82 Å². The van der Waals surface area contributed by atoms with Gasteiger partial charge in [0.15, 0.2) is 0 Å². The normalized spacial score (nSPS) is 11.7. The van der Waals surface area contributed by atoms with E-state index in [1.165, 1.54) is 0 Å². The lowest BCUT2D eigenvalue weighted by atomic mass is 10.2. The molecule has 1 aromatic heterocycles. The number of nitrogen functional groups attached to an aromatic ring is 1. The van der Waals surface area contributed by atoms with Gasteiger partial charge in [-0.15, -0.1) is 0 Å². The molecule has 0 aliphatic rings. The van der Waals surface area contributed by atoms with Gasteiger partial charge in [-0.05, 0) is 29.7 Å². The largest absolute Gasteiger partial charge is 0.399 e. The predicted molar refractivity (Wildman–Crippen MR) is 78.4 cm³/mol. The lowest BCUT2D eigenvalue weighted by Gasteiger charge is -2.06. The molecule has 2 rings (SSSR count). The number of anilines is 1. The molecule has 0 unspecified atom stereocenters. The zero-order valence-corrected chi connectivity index (χ0v) is 12.1. The molecular formula is C13H18N4O2S. The Morgan fingerprint density at radius 1 is 1.35 bits per heavy atom. The molecule has 1 heterocycles. The van der Waals surface area contributed by atoms with Crippen LogP contribution in [-0.4, -0.2) is 24.7 Å². The molecule has 0 saturated carbocycles. The van der Waals surface area contributed by atoms with Crippen molar-refractivity contribution in [3.05, 3.63) is 47.8 Å². The molecule has 0 aliphatic carbocycles. The van der Waals surface area contributed by atoms with Gasteiger partial charge < -0.3 is 5.73 Å². The molecule has 3 N–H and O–H groups in total. The maximum Gasteiger partial charge on any atom is 0.215 e. The minimum Gasteiger partial charge on any atom is -0.399 e. The first-order valence-corrected chi connectivity index (χ1v) is 7.89. The van der Waals surface area contributed by atoms with Crippen molar-refractivity contribution >= 4 is 15.7 Å². The van der Waals surface area contributed by atoms with Crippen molar-refractivity contribution in [2.24, 2.45) is 7.05 Å². The third-order valence-corrected chi connectivity index (χ3v) is 4.16. The van der Waals surface area contributed by atoms with Gasteiger partial charge in [-0.3, -0.25) is 4.68 Å². The van der Waals surface area contributed by atoms with Gasteiger partial charge in [0.2, 0.25) is 10.0 Å². The van der Waals surface area contributed by atoms with Gasteiger partial charge >= 0.3 is 0 Å². The second-order valence-electron chi connectivity index (χ2n) is 4.67. The summed E-state index contributed by atoms with van der Waals surface area (Å²) in [4.78, 5) is 0. The molecule has 7 heteroatoms. The van der Waals surface area contributed by atoms with E-state index in [0.717, 1.165) is 5.56 Å². The fourth-order valence-corrected chi connectivity index (χ4v) is 3.04. The van der Waals surface area contributed by atoms with Crippen molar-refractivity contribution in [2.75, 3.05) is 12.3 Å². The highest BCUT2D eigenvalue weighted by Gasteiger charge is 2.11. The van der Waals surface area contributed by atoms with Crippen LogP contribution in [0.25, 0.3) is 0 Å². The van der Waals surface area contributed by atoms with Gasteiger partial charge in [0.05, 0.1) is 11.9 Å². The smallest absolute Gasteiger partial charge is 0.215 e. The van der Waals surface area contributed by atoms with Crippen LogP contribution >= 0.6 is 0 Å². The minimum atomic E-state index is -3.35. The summed E-state index contributed by atoms with van der Waals surface area (Å²) in [6.07, 6.45) is 4.21. The van der Waals surface area contributed by atoms with E-state index in [0.29, 0.717) is 24.2 Å². The van der Waals surface area contributed by atoms with Crippen molar-refractivity contribution < 1.29 is 8.42 Å². The second-order valence-corrected chi connectivity index (χ2v) is 6.48. The Morgan fingerprint density at radius 2 is 2.15 bits per heavy atom. The average Bonchev–Trinajstić information content (AvgIpc) is 2.74. The number of benzene rings is 1. The molecule has 20 heavy (non-hydrogen) atoms. The number of rotatable bonds is 6. The van der Waals surface area contributed by atoms with Gasteiger partial charge in [-0.25, -0.2) is 13.1 Å². The van der Waals surface area contributed by atoms with Crippen LogP contribution in [0, 0.1) is 0 Å². The topological polar surface area (TPSA) is 90.0 Å². The van der Waals surface area contributed by atoms with E-state index < -0.39 is 10.0 Å². The second kappa shape index (κ2) is 6.06. The van der Waals surface area contributed by atoms with Gasteiger partial charge in [0.1, 0.15) is 0 Å². The zero-order valence-electron chi connectivity index (χ0n) is 11.3. The molecule has 0 spiro atoms. The van der Waals surface area contributed by atoms with Gasteiger partial charge in [-0.2, -0.15) is 5.10 Å². The summed E-state index contributed by atoms with van der Waals surface area (Å²) in [6.45, 7) is 0.357. The Bertz CT molecular complexity index is 679. The molecule has 1 aromatic carbocycles. The molecule has 0 fully saturated rings. The highest BCUT2D eigenvalue weighted by atomic mass is 32.2. The minimum absolute atomic E-state index is 0.0644. The molecule has 108 valence electrons. The molecular weight excluding hydrogens is 276 g/mol. The summed E-state index contributed by atoms with van der Waals surface area (Å²) in [5, 5.41) is 4.03. The number of nitrogens with two attached hydrogens (primary N) is 1. The quantitative estimate of drug-likeness (QED) is 0.766. The highest BCUT2D eigenvalue weighted by molar-refractivity contribution is 7.88. The van der Waals surface area contributed by atoms with E-state index in [9.17, 15) is 8.42 Å². The number of nitrogens with zero attached hydrogens (tertiary/aromatic N) is 2. The average molecular weight is 294 g/mol. The van der Waals surface area contributed by atoms with E-state index >= 15 is 0 Å². The van der Waals surface area contributed by atoms with Gasteiger partial charge in [0, 0.05) is 25.5 Å². The van der Waals surface area contributed by atoms with Crippen molar-refractivity contribution in [1.29, 1.82) is 0 Å². The fourth-order valence-electron chi connectivity index (χ4n) is 1.91. The number of hydrogen-bond donors (Lipinski definition) is 2. The molecule has 0 atom stereocenters. The standard InChI is InChI=1S/C13H18N4O2S/c1-17-9-12(8-15-17)5-6-16-20(18,19)10-11-3-2-4-13(14)7-11/h2-4,7-9,16H,5-6,10,14H2,1H3. The van der Waals surface area contributed by atoms with Crippen LogP contribution in [0.15, 0.2) is 36.7 Å². The highest BCUT2D eigenvalue weighted by Crippen LogP contribution is 2.09. The molecule has 0 aliphatic heterocycles. The number of aryl methyl sites for hydroxylation is 1. The van der Waals surface area contributed by atoms with E-state index in [-0.39, 0.29) is 5.75 Å². The Labute approximate surface area is 118 Å². The predicted octanol–water partition coefficient (Wildman–Crippen LogP) is 0.664. The summed E-state index contributed by atoms with van der Waals surface area (Å²) in [7, 11) is -1.52.